The molecular weight excluding hydrogens is 302 g/mol. The number of hydrogen-bond donors (Lipinski definition) is 1. The third kappa shape index (κ3) is 3.30. The monoisotopic (exact) mass is 325 g/mol. The molecule has 106 valence electrons. The lowest BCUT2D eigenvalue weighted by molar-refractivity contribution is 0.234. The fraction of sp³-hybridized carbons (Fsp3) is 0.600. The molecule has 0 radical (unpaired) electrons. The lowest BCUT2D eigenvalue weighted by Gasteiger charge is -2.40. The van der Waals surface area contributed by atoms with Crippen LogP contribution in [0.15, 0.2) is 22.7 Å². The van der Waals surface area contributed by atoms with E-state index in [1.54, 1.807) is 0 Å². The Morgan fingerprint density at radius 3 is 2.74 bits per heavy atom. The van der Waals surface area contributed by atoms with Gasteiger partial charge in [0.2, 0.25) is 0 Å². The number of nitrogens with one attached hydrogen (secondary N) is 1. The van der Waals surface area contributed by atoms with Crippen molar-refractivity contribution in [3.8, 4) is 0 Å². The second kappa shape index (κ2) is 6.25. The summed E-state index contributed by atoms with van der Waals surface area (Å²) in [4.78, 5) is 4.94. The Morgan fingerprint density at radius 1 is 1.37 bits per heavy atom. The minimum Gasteiger partial charge on any atom is -0.368 e. The predicted octanol–water partition coefficient (Wildman–Crippen LogP) is 2.87. The van der Waals surface area contributed by atoms with Crippen molar-refractivity contribution >= 4 is 21.6 Å². The third-order valence-electron chi connectivity index (χ3n) is 4.19. The van der Waals surface area contributed by atoms with E-state index in [2.05, 4.69) is 70.1 Å². The molecule has 1 aromatic rings. The standard InChI is InChI=1S/C15H24BrN3/c1-11-10-19(8-7-18(11)4)15-9-13(16)5-6-14(15)12(2)17-3/h5-6,9,11-12,17H,7-8,10H2,1-4H3. The Balaban J connectivity index is 2.30. The van der Waals surface area contributed by atoms with Gasteiger partial charge in [-0.1, -0.05) is 22.0 Å². The lowest BCUT2D eigenvalue weighted by atomic mass is 10.0. The largest absolute Gasteiger partial charge is 0.368 e. The van der Waals surface area contributed by atoms with E-state index in [1.165, 1.54) is 11.3 Å². The molecule has 2 atom stereocenters. The molecule has 0 spiro atoms. The van der Waals surface area contributed by atoms with Crippen LogP contribution in [0.3, 0.4) is 0 Å². The number of rotatable bonds is 3. The number of anilines is 1. The molecule has 0 bridgehead atoms. The SMILES string of the molecule is CNC(C)c1ccc(Br)cc1N1CCN(C)C(C)C1. The van der Waals surface area contributed by atoms with Crippen molar-refractivity contribution in [1.82, 2.24) is 10.2 Å². The lowest BCUT2D eigenvalue weighted by Crippen LogP contribution is -2.50. The third-order valence-corrected chi connectivity index (χ3v) is 4.69. The van der Waals surface area contributed by atoms with Crippen molar-refractivity contribution in [2.75, 3.05) is 38.6 Å². The van der Waals surface area contributed by atoms with Crippen LogP contribution >= 0.6 is 15.9 Å². The first-order valence-electron chi connectivity index (χ1n) is 6.95. The summed E-state index contributed by atoms with van der Waals surface area (Å²) < 4.78 is 1.15. The highest BCUT2D eigenvalue weighted by Gasteiger charge is 2.23. The first kappa shape index (κ1) is 14.8. The molecule has 0 saturated carbocycles. The van der Waals surface area contributed by atoms with Gasteiger partial charge in [-0.15, -0.1) is 0 Å². The van der Waals surface area contributed by atoms with Crippen molar-refractivity contribution in [2.45, 2.75) is 25.9 Å². The average Bonchev–Trinajstić information content (AvgIpc) is 2.41. The van der Waals surface area contributed by atoms with E-state index in [0.29, 0.717) is 12.1 Å². The number of nitrogens with zero attached hydrogens (tertiary/aromatic N) is 2. The van der Waals surface area contributed by atoms with Crippen molar-refractivity contribution in [2.24, 2.45) is 0 Å². The van der Waals surface area contributed by atoms with Crippen molar-refractivity contribution in [3.63, 3.8) is 0 Å². The fourth-order valence-electron chi connectivity index (χ4n) is 2.58. The first-order valence-corrected chi connectivity index (χ1v) is 7.74. The number of hydrogen-bond acceptors (Lipinski definition) is 3. The highest BCUT2D eigenvalue weighted by molar-refractivity contribution is 9.10. The molecule has 19 heavy (non-hydrogen) atoms. The van der Waals surface area contributed by atoms with Gasteiger partial charge in [-0.25, -0.2) is 0 Å². The number of halogens is 1. The summed E-state index contributed by atoms with van der Waals surface area (Å²) >= 11 is 3.60. The molecule has 1 saturated heterocycles. The molecule has 1 heterocycles. The molecule has 2 unspecified atom stereocenters. The summed E-state index contributed by atoms with van der Waals surface area (Å²) in [5.74, 6) is 0. The molecule has 0 aliphatic carbocycles. The Hall–Kier alpha value is -0.580. The van der Waals surface area contributed by atoms with Crippen molar-refractivity contribution < 1.29 is 0 Å². The number of likely N-dealkylation sites (N-methyl/N-ethyl adjacent to an activating group) is 1. The van der Waals surface area contributed by atoms with Gasteiger partial charge in [0, 0.05) is 41.9 Å². The van der Waals surface area contributed by atoms with E-state index in [1.807, 2.05) is 7.05 Å². The van der Waals surface area contributed by atoms with E-state index in [0.717, 1.165) is 24.1 Å². The molecule has 4 heteroatoms. The van der Waals surface area contributed by atoms with Crippen LogP contribution in [0.5, 0.6) is 0 Å². The van der Waals surface area contributed by atoms with Crippen LogP contribution < -0.4 is 10.2 Å². The van der Waals surface area contributed by atoms with Crippen LogP contribution in [0, 0.1) is 0 Å². The average molecular weight is 326 g/mol. The molecule has 0 aromatic heterocycles. The summed E-state index contributed by atoms with van der Waals surface area (Å²) in [5, 5.41) is 3.35. The highest BCUT2D eigenvalue weighted by Crippen LogP contribution is 2.31. The van der Waals surface area contributed by atoms with Gasteiger partial charge < -0.3 is 15.1 Å². The molecule has 1 fully saturated rings. The second-order valence-electron chi connectivity index (χ2n) is 5.49. The van der Waals surface area contributed by atoms with Gasteiger partial charge in [-0.3, -0.25) is 0 Å². The highest BCUT2D eigenvalue weighted by atomic mass is 79.9. The molecule has 1 N–H and O–H groups in total. The topological polar surface area (TPSA) is 18.5 Å². The Bertz CT molecular complexity index is 435. The summed E-state index contributed by atoms with van der Waals surface area (Å²) in [5.41, 5.74) is 2.73. The van der Waals surface area contributed by atoms with Crippen LogP contribution in [0.2, 0.25) is 0 Å². The van der Waals surface area contributed by atoms with E-state index in [4.69, 9.17) is 0 Å². The van der Waals surface area contributed by atoms with E-state index in [9.17, 15) is 0 Å². The smallest absolute Gasteiger partial charge is 0.0426 e. The van der Waals surface area contributed by atoms with Gasteiger partial charge in [0.15, 0.2) is 0 Å². The van der Waals surface area contributed by atoms with Crippen LogP contribution in [0.4, 0.5) is 5.69 Å². The quantitative estimate of drug-likeness (QED) is 0.921. The molecular formula is C15H24BrN3. The van der Waals surface area contributed by atoms with E-state index >= 15 is 0 Å². The minimum atomic E-state index is 0.373. The first-order chi connectivity index (χ1) is 9.02. The van der Waals surface area contributed by atoms with Crippen molar-refractivity contribution in [3.05, 3.63) is 28.2 Å². The van der Waals surface area contributed by atoms with Gasteiger partial charge in [0.25, 0.3) is 0 Å². The zero-order chi connectivity index (χ0) is 14.0. The number of piperazine rings is 1. The maximum absolute atomic E-state index is 3.60. The maximum atomic E-state index is 3.60. The summed E-state index contributed by atoms with van der Waals surface area (Å²) in [6, 6.07) is 7.58. The molecule has 3 nitrogen and oxygen atoms in total. The van der Waals surface area contributed by atoms with E-state index in [-0.39, 0.29) is 0 Å². The van der Waals surface area contributed by atoms with Crippen molar-refractivity contribution in [1.29, 1.82) is 0 Å². The molecule has 0 amide bonds. The Morgan fingerprint density at radius 2 is 2.11 bits per heavy atom. The van der Waals surface area contributed by atoms with Crippen LogP contribution in [-0.2, 0) is 0 Å². The van der Waals surface area contributed by atoms with Gasteiger partial charge in [-0.2, -0.15) is 0 Å². The van der Waals surface area contributed by atoms with Crippen LogP contribution in [0.25, 0.3) is 0 Å². The fourth-order valence-corrected chi connectivity index (χ4v) is 2.93. The predicted molar refractivity (Wildman–Crippen MR) is 85.9 cm³/mol. The zero-order valence-electron chi connectivity index (χ0n) is 12.3. The molecule has 2 rings (SSSR count). The Kier molecular flexibility index (Phi) is 4.87. The number of benzene rings is 1. The van der Waals surface area contributed by atoms with Crippen LogP contribution in [0.1, 0.15) is 25.5 Å². The Labute approximate surface area is 125 Å². The normalized spacial score (nSPS) is 22.6. The molecule has 1 aliphatic rings. The minimum absolute atomic E-state index is 0.373. The van der Waals surface area contributed by atoms with Gasteiger partial charge in [-0.05, 0) is 45.6 Å². The zero-order valence-corrected chi connectivity index (χ0v) is 13.9. The molecule has 1 aromatic carbocycles. The van der Waals surface area contributed by atoms with Gasteiger partial charge >= 0.3 is 0 Å². The summed E-state index contributed by atoms with van der Waals surface area (Å²) in [6.45, 7) is 7.83. The van der Waals surface area contributed by atoms with Crippen LogP contribution in [-0.4, -0.2) is 44.7 Å². The van der Waals surface area contributed by atoms with Gasteiger partial charge in [0.05, 0.1) is 0 Å². The summed E-state index contributed by atoms with van der Waals surface area (Å²) in [7, 11) is 4.23. The maximum Gasteiger partial charge on any atom is 0.0426 e. The molecule has 1 aliphatic heterocycles. The van der Waals surface area contributed by atoms with E-state index < -0.39 is 0 Å². The van der Waals surface area contributed by atoms with Gasteiger partial charge in [0.1, 0.15) is 0 Å². The summed E-state index contributed by atoms with van der Waals surface area (Å²) in [6.07, 6.45) is 0. The second-order valence-corrected chi connectivity index (χ2v) is 6.40.